The molecule has 3 amide bonds. The van der Waals surface area contributed by atoms with Crippen molar-refractivity contribution < 1.29 is 14.3 Å². The van der Waals surface area contributed by atoms with E-state index in [0.717, 1.165) is 19.3 Å². The van der Waals surface area contributed by atoms with Crippen LogP contribution in [0.5, 0.6) is 0 Å². The predicted octanol–water partition coefficient (Wildman–Crippen LogP) is -0.260. The zero-order valence-corrected chi connectivity index (χ0v) is 10.2. The molecule has 2 saturated heterocycles. The van der Waals surface area contributed by atoms with E-state index in [1.807, 2.05) is 0 Å². The summed E-state index contributed by atoms with van der Waals surface area (Å²) in [7, 11) is 1.48. The molecule has 0 radical (unpaired) electrons. The Kier molecular flexibility index (Phi) is 3.63. The van der Waals surface area contributed by atoms with Gasteiger partial charge in [0, 0.05) is 13.1 Å². The minimum absolute atomic E-state index is 0.232. The topological polar surface area (TPSA) is 79.5 Å². The van der Waals surface area contributed by atoms with Gasteiger partial charge in [0.2, 0.25) is 5.91 Å². The molecule has 0 saturated carbocycles. The standard InChI is InChI=1S/C11H19N3O3/c1-6(10(15)14-11(16)12-2)13-8-5-7-3-4-9(8)17-7/h6-9,13H,3-5H2,1-2H3,(H2,12,14,15,16). The van der Waals surface area contributed by atoms with Crippen LogP contribution in [0.1, 0.15) is 26.2 Å². The van der Waals surface area contributed by atoms with E-state index in [4.69, 9.17) is 4.74 Å². The van der Waals surface area contributed by atoms with Gasteiger partial charge in [-0.3, -0.25) is 10.1 Å². The van der Waals surface area contributed by atoms with Gasteiger partial charge in [0.1, 0.15) is 0 Å². The molecule has 4 unspecified atom stereocenters. The minimum Gasteiger partial charge on any atom is -0.373 e. The van der Waals surface area contributed by atoms with Crippen molar-refractivity contribution in [2.75, 3.05) is 7.05 Å². The molecule has 0 aromatic rings. The SMILES string of the molecule is CNC(=O)NC(=O)C(C)NC1CC2CCC1O2. The third-order valence-electron chi connectivity index (χ3n) is 3.43. The average molecular weight is 241 g/mol. The Morgan fingerprint density at radius 3 is 2.65 bits per heavy atom. The molecule has 3 N–H and O–H groups in total. The van der Waals surface area contributed by atoms with Crippen molar-refractivity contribution in [1.82, 2.24) is 16.0 Å². The number of carbonyl (C=O) groups excluding carboxylic acids is 2. The Bertz CT molecular complexity index is 321. The van der Waals surface area contributed by atoms with Gasteiger partial charge in [0.25, 0.3) is 0 Å². The molecule has 0 aromatic carbocycles. The summed E-state index contributed by atoms with van der Waals surface area (Å²) in [4.78, 5) is 22.6. The fourth-order valence-electron chi connectivity index (χ4n) is 2.49. The average Bonchev–Trinajstić information content (AvgIpc) is 2.90. The van der Waals surface area contributed by atoms with E-state index < -0.39 is 6.03 Å². The number of fused-ring (bicyclic) bond motifs is 2. The number of hydrogen-bond donors (Lipinski definition) is 3. The van der Waals surface area contributed by atoms with Gasteiger partial charge in [0.15, 0.2) is 0 Å². The molecule has 2 rings (SSSR count). The highest BCUT2D eigenvalue weighted by Gasteiger charge is 2.41. The van der Waals surface area contributed by atoms with Gasteiger partial charge in [-0.05, 0) is 26.2 Å². The zero-order valence-electron chi connectivity index (χ0n) is 10.2. The maximum Gasteiger partial charge on any atom is 0.321 e. The van der Waals surface area contributed by atoms with Crippen LogP contribution in [0.2, 0.25) is 0 Å². The molecule has 6 nitrogen and oxygen atoms in total. The summed E-state index contributed by atoms with van der Waals surface area (Å²) >= 11 is 0. The number of rotatable bonds is 3. The molecular weight excluding hydrogens is 222 g/mol. The number of amides is 3. The zero-order chi connectivity index (χ0) is 12.4. The first kappa shape index (κ1) is 12.3. The summed E-state index contributed by atoms with van der Waals surface area (Å²) in [6.45, 7) is 1.75. The number of nitrogens with one attached hydrogen (secondary N) is 3. The molecule has 17 heavy (non-hydrogen) atoms. The van der Waals surface area contributed by atoms with Crippen LogP contribution in [0, 0.1) is 0 Å². The molecule has 0 aliphatic carbocycles. The lowest BCUT2D eigenvalue weighted by Gasteiger charge is -2.23. The number of imide groups is 1. The van der Waals surface area contributed by atoms with Crippen molar-refractivity contribution in [1.29, 1.82) is 0 Å². The van der Waals surface area contributed by atoms with Gasteiger partial charge in [0.05, 0.1) is 18.2 Å². The number of ether oxygens (including phenoxy) is 1. The predicted molar refractivity (Wildman–Crippen MR) is 61.5 cm³/mol. The molecule has 2 fully saturated rings. The number of hydrogen-bond acceptors (Lipinski definition) is 4. The van der Waals surface area contributed by atoms with Gasteiger partial charge in [-0.1, -0.05) is 0 Å². The molecule has 0 aromatic heterocycles. The van der Waals surface area contributed by atoms with Gasteiger partial charge in [-0.25, -0.2) is 4.79 Å². The van der Waals surface area contributed by atoms with Crippen LogP contribution in [0.15, 0.2) is 0 Å². The van der Waals surface area contributed by atoms with Crippen LogP contribution < -0.4 is 16.0 Å². The second kappa shape index (κ2) is 5.01. The van der Waals surface area contributed by atoms with Gasteiger partial charge in [-0.15, -0.1) is 0 Å². The first-order valence-corrected chi connectivity index (χ1v) is 6.04. The molecule has 2 heterocycles. The Hall–Kier alpha value is -1.14. The van der Waals surface area contributed by atoms with Crippen LogP contribution in [-0.2, 0) is 9.53 Å². The van der Waals surface area contributed by atoms with E-state index in [-0.39, 0.29) is 24.1 Å². The van der Waals surface area contributed by atoms with Crippen LogP contribution in [0.4, 0.5) is 4.79 Å². The second-order valence-corrected chi connectivity index (χ2v) is 4.67. The number of carbonyl (C=O) groups is 2. The van der Waals surface area contributed by atoms with Crippen molar-refractivity contribution in [2.45, 2.75) is 50.5 Å². The minimum atomic E-state index is -0.479. The summed E-state index contributed by atoms with van der Waals surface area (Å²) in [5.41, 5.74) is 0. The molecular formula is C11H19N3O3. The Morgan fingerprint density at radius 2 is 2.12 bits per heavy atom. The van der Waals surface area contributed by atoms with Crippen LogP contribution in [-0.4, -0.2) is 43.3 Å². The van der Waals surface area contributed by atoms with E-state index in [2.05, 4.69) is 16.0 Å². The normalized spacial score (nSPS) is 32.2. The van der Waals surface area contributed by atoms with E-state index in [9.17, 15) is 9.59 Å². The lowest BCUT2D eigenvalue weighted by atomic mass is 9.95. The highest BCUT2D eigenvalue weighted by atomic mass is 16.5. The van der Waals surface area contributed by atoms with Crippen LogP contribution in [0.25, 0.3) is 0 Å². The van der Waals surface area contributed by atoms with Crippen molar-refractivity contribution in [3.63, 3.8) is 0 Å². The fourth-order valence-corrected chi connectivity index (χ4v) is 2.49. The van der Waals surface area contributed by atoms with Gasteiger partial charge >= 0.3 is 6.03 Å². The summed E-state index contributed by atoms with van der Waals surface area (Å²) in [5, 5.41) is 7.83. The van der Waals surface area contributed by atoms with E-state index in [1.54, 1.807) is 6.92 Å². The quantitative estimate of drug-likeness (QED) is 0.636. The van der Waals surface area contributed by atoms with Crippen molar-refractivity contribution in [3.8, 4) is 0 Å². The van der Waals surface area contributed by atoms with Crippen molar-refractivity contribution in [2.24, 2.45) is 0 Å². The molecule has 2 bridgehead atoms. The lowest BCUT2D eigenvalue weighted by molar-refractivity contribution is -0.121. The Balaban J connectivity index is 1.78. The van der Waals surface area contributed by atoms with Crippen molar-refractivity contribution in [3.05, 3.63) is 0 Å². The van der Waals surface area contributed by atoms with Crippen molar-refractivity contribution >= 4 is 11.9 Å². The Morgan fingerprint density at radius 1 is 1.35 bits per heavy atom. The summed E-state index contributed by atoms with van der Waals surface area (Å²) in [5.74, 6) is -0.313. The van der Waals surface area contributed by atoms with Gasteiger partial charge in [-0.2, -0.15) is 0 Å². The summed E-state index contributed by atoms with van der Waals surface area (Å²) in [6.07, 6.45) is 3.73. The monoisotopic (exact) mass is 241 g/mol. The lowest BCUT2D eigenvalue weighted by Crippen LogP contribution is -2.52. The van der Waals surface area contributed by atoms with E-state index in [0.29, 0.717) is 6.10 Å². The third-order valence-corrected chi connectivity index (χ3v) is 3.43. The molecule has 4 atom stereocenters. The molecule has 2 aliphatic rings. The summed E-state index contributed by atoms with van der Waals surface area (Å²) < 4.78 is 5.69. The van der Waals surface area contributed by atoms with Gasteiger partial charge < -0.3 is 15.4 Å². The Labute approximate surface area is 100 Å². The maximum atomic E-state index is 11.6. The van der Waals surface area contributed by atoms with Crippen LogP contribution >= 0.6 is 0 Å². The molecule has 0 spiro atoms. The molecule has 96 valence electrons. The largest absolute Gasteiger partial charge is 0.373 e. The smallest absolute Gasteiger partial charge is 0.321 e. The maximum absolute atomic E-state index is 11.6. The first-order chi connectivity index (χ1) is 8.10. The summed E-state index contributed by atoms with van der Waals surface area (Å²) in [6, 6.07) is -0.632. The second-order valence-electron chi connectivity index (χ2n) is 4.67. The molecule has 2 aliphatic heterocycles. The molecule has 6 heteroatoms. The first-order valence-electron chi connectivity index (χ1n) is 6.04. The highest BCUT2D eigenvalue weighted by molar-refractivity contribution is 5.96. The fraction of sp³-hybridized carbons (Fsp3) is 0.818. The third kappa shape index (κ3) is 2.76. The highest BCUT2D eigenvalue weighted by Crippen LogP contribution is 2.34. The van der Waals surface area contributed by atoms with Crippen LogP contribution in [0.3, 0.4) is 0 Å². The van der Waals surface area contributed by atoms with E-state index in [1.165, 1.54) is 7.05 Å². The van der Waals surface area contributed by atoms with E-state index >= 15 is 0 Å². The number of urea groups is 1.